The molecule has 2 aliphatic heterocycles. The normalized spacial score (nSPS) is 26.9. The summed E-state index contributed by atoms with van der Waals surface area (Å²) in [6.07, 6.45) is 2.65. The number of amides is 1. The third kappa shape index (κ3) is 1.23. The predicted molar refractivity (Wildman–Crippen MR) is 40.2 cm³/mol. The van der Waals surface area contributed by atoms with Crippen molar-refractivity contribution in [1.29, 1.82) is 0 Å². The lowest BCUT2D eigenvalue weighted by Gasteiger charge is -2.25. The van der Waals surface area contributed by atoms with Crippen LogP contribution in [0.4, 0.5) is 0 Å². The smallest absolute Gasteiger partial charge is 0.240 e. The number of hydrogen-bond acceptors (Lipinski definition) is 3. The Morgan fingerprint density at radius 2 is 2.36 bits per heavy atom. The van der Waals surface area contributed by atoms with Gasteiger partial charge in [0.25, 0.3) is 0 Å². The van der Waals surface area contributed by atoms with Crippen molar-refractivity contribution in [3.05, 3.63) is 6.42 Å². The van der Waals surface area contributed by atoms with E-state index in [-0.39, 0.29) is 5.91 Å². The first-order valence-corrected chi connectivity index (χ1v) is 3.98. The van der Waals surface area contributed by atoms with Crippen LogP contribution >= 0.6 is 0 Å². The van der Waals surface area contributed by atoms with Crippen LogP contribution in [0.1, 0.15) is 6.42 Å². The van der Waals surface area contributed by atoms with Crippen molar-refractivity contribution in [1.82, 2.24) is 15.3 Å². The molecule has 0 unspecified atom stereocenters. The van der Waals surface area contributed by atoms with Gasteiger partial charge < -0.3 is 5.32 Å². The minimum Gasteiger partial charge on any atom is -0.302 e. The Balaban J connectivity index is 1.97. The Labute approximate surface area is 66.1 Å². The average molecular weight is 154 g/mol. The van der Waals surface area contributed by atoms with Crippen molar-refractivity contribution in [3.8, 4) is 0 Å². The molecule has 2 rings (SSSR count). The van der Waals surface area contributed by atoms with Crippen LogP contribution in [-0.2, 0) is 4.79 Å². The van der Waals surface area contributed by atoms with Crippen LogP contribution in [0.3, 0.4) is 0 Å². The Bertz CT molecular complexity index is 165. The van der Waals surface area contributed by atoms with Gasteiger partial charge in [-0.2, -0.15) is 0 Å². The van der Waals surface area contributed by atoms with E-state index in [1.54, 1.807) is 6.42 Å². The van der Waals surface area contributed by atoms with Gasteiger partial charge in [-0.1, -0.05) is 0 Å². The van der Waals surface area contributed by atoms with Gasteiger partial charge in [-0.25, -0.2) is 5.01 Å². The zero-order valence-corrected chi connectivity index (χ0v) is 6.42. The highest BCUT2D eigenvalue weighted by Gasteiger charge is 2.27. The minimum atomic E-state index is 0.161. The summed E-state index contributed by atoms with van der Waals surface area (Å²) in [5, 5.41) is 7.07. The van der Waals surface area contributed by atoms with Crippen molar-refractivity contribution in [2.24, 2.45) is 0 Å². The van der Waals surface area contributed by atoms with E-state index in [1.165, 1.54) is 0 Å². The Hall–Kier alpha value is -0.610. The number of nitrogens with one attached hydrogen (secondary N) is 1. The van der Waals surface area contributed by atoms with Gasteiger partial charge in [-0.3, -0.25) is 9.80 Å². The van der Waals surface area contributed by atoms with E-state index in [2.05, 4.69) is 10.3 Å². The van der Waals surface area contributed by atoms with Crippen LogP contribution in [0, 0.1) is 6.42 Å². The van der Waals surface area contributed by atoms with Gasteiger partial charge in [0.05, 0.1) is 13.1 Å². The SMILES string of the molecule is O=C1[CH]CCN1N1CCNC1. The largest absolute Gasteiger partial charge is 0.302 e. The molecule has 61 valence electrons. The minimum absolute atomic E-state index is 0.161. The molecule has 4 nitrogen and oxygen atoms in total. The summed E-state index contributed by atoms with van der Waals surface area (Å²) >= 11 is 0. The van der Waals surface area contributed by atoms with Crippen LogP contribution in [0.15, 0.2) is 0 Å². The molecule has 4 heteroatoms. The lowest BCUT2D eigenvalue weighted by atomic mass is 10.4. The summed E-state index contributed by atoms with van der Waals surface area (Å²) in [6, 6.07) is 0. The second-order valence-corrected chi connectivity index (χ2v) is 2.84. The van der Waals surface area contributed by atoms with Crippen LogP contribution < -0.4 is 5.32 Å². The first-order valence-electron chi connectivity index (χ1n) is 3.98. The molecule has 0 saturated carbocycles. The molecule has 0 aromatic heterocycles. The molecule has 2 fully saturated rings. The molecule has 0 aliphatic carbocycles. The average Bonchev–Trinajstić information content (AvgIpc) is 2.55. The van der Waals surface area contributed by atoms with E-state index in [9.17, 15) is 4.79 Å². The molecule has 2 saturated heterocycles. The zero-order valence-electron chi connectivity index (χ0n) is 6.42. The zero-order chi connectivity index (χ0) is 7.68. The third-order valence-electron chi connectivity index (χ3n) is 2.10. The molecular formula is C7H12N3O. The summed E-state index contributed by atoms with van der Waals surface area (Å²) in [6.45, 7) is 3.63. The summed E-state index contributed by atoms with van der Waals surface area (Å²) in [5.41, 5.74) is 0. The Morgan fingerprint density at radius 3 is 2.91 bits per heavy atom. The summed E-state index contributed by atoms with van der Waals surface area (Å²) < 4.78 is 0. The van der Waals surface area contributed by atoms with E-state index < -0.39 is 0 Å². The van der Waals surface area contributed by atoms with Crippen LogP contribution in [0.2, 0.25) is 0 Å². The molecule has 0 aromatic rings. The molecule has 1 radical (unpaired) electrons. The molecule has 0 bridgehead atoms. The van der Waals surface area contributed by atoms with Crippen molar-refractivity contribution in [2.75, 3.05) is 26.3 Å². The Kier molecular flexibility index (Phi) is 1.79. The second-order valence-electron chi connectivity index (χ2n) is 2.84. The number of nitrogens with zero attached hydrogens (tertiary/aromatic N) is 2. The van der Waals surface area contributed by atoms with Gasteiger partial charge in [0.1, 0.15) is 0 Å². The van der Waals surface area contributed by atoms with E-state index in [0.29, 0.717) is 0 Å². The lowest BCUT2D eigenvalue weighted by molar-refractivity contribution is -0.138. The summed E-state index contributed by atoms with van der Waals surface area (Å²) in [7, 11) is 0. The quantitative estimate of drug-likeness (QED) is 0.537. The first kappa shape index (κ1) is 7.06. The lowest BCUT2D eigenvalue weighted by Crippen LogP contribution is -2.42. The highest BCUT2D eigenvalue weighted by molar-refractivity contribution is 5.86. The number of rotatable bonds is 1. The Morgan fingerprint density at radius 1 is 1.45 bits per heavy atom. The van der Waals surface area contributed by atoms with Gasteiger partial charge in [-0.15, -0.1) is 0 Å². The summed E-state index contributed by atoms with van der Waals surface area (Å²) in [4.78, 5) is 11.2. The fourth-order valence-electron chi connectivity index (χ4n) is 1.51. The number of hydrogen-bond donors (Lipinski definition) is 1. The monoisotopic (exact) mass is 154 g/mol. The van der Waals surface area contributed by atoms with E-state index in [4.69, 9.17) is 0 Å². The first-order chi connectivity index (χ1) is 5.38. The molecule has 1 amide bonds. The highest BCUT2D eigenvalue weighted by Crippen LogP contribution is 2.12. The maximum Gasteiger partial charge on any atom is 0.240 e. The molecule has 0 spiro atoms. The molecule has 1 N–H and O–H groups in total. The third-order valence-corrected chi connectivity index (χ3v) is 2.10. The maximum absolute atomic E-state index is 11.2. The van der Waals surface area contributed by atoms with E-state index in [0.717, 1.165) is 32.7 Å². The van der Waals surface area contributed by atoms with Crippen molar-refractivity contribution in [3.63, 3.8) is 0 Å². The number of carbonyl (C=O) groups excluding carboxylic acids is 1. The topological polar surface area (TPSA) is 35.6 Å². The van der Waals surface area contributed by atoms with E-state index >= 15 is 0 Å². The molecular weight excluding hydrogens is 142 g/mol. The second kappa shape index (κ2) is 2.79. The van der Waals surface area contributed by atoms with Crippen molar-refractivity contribution in [2.45, 2.75) is 6.42 Å². The highest BCUT2D eigenvalue weighted by atomic mass is 16.2. The fraction of sp³-hybridized carbons (Fsp3) is 0.714. The van der Waals surface area contributed by atoms with Gasteiger partial charge in [0.15, 0.2) is 0 Å². The molecule has 2 heterocycles. The maximum atomic E-state index is 11.2. The summed E-state index contributed by atoms with van der Waals surface area (Å²) in [5.74, 6) is 0.161. The number of carbonyl (C=O) groups is 1. The number of hydrazine groups is 1. The fourth-order valence-corrected chi connectivity index (χ4v) is 1.51. The van der Waals surface area contributed by atoms with Gasteiger partial charge in [0, 0.05) is 19.6 Å². The molecule has 11 heavy (non-hydrogen) atoms. The predicted octanol–water partition coefficient (Wildman–Crippen LogP) is -0.799. The molecule has 0 atom stereocenters. The standard InChI is InChI=1S/C7H12N3O/c11-7-2-1-4-10(7)9-5-3-8-6-9/h2,8H,1,3-6H2. The molecule has 0 aromatic carbocycles. The van der Waals surface area contributed by atoms with Crippen LogP contribution in [-0.4, -0.2) is 42.2 Å². The van der Waals surface area contributed by atoms with Gasteiger partial charge in [0.2, 0.25) is 5.91 Å². The van der Waals surface area contributed by atoms with Gasteiger partial charge in [-0.05, 0) is 6.42 Å². The van der Waals surface area contributed by atoms with Crippen molar-refractivity contribution >= 4 is 5.91 Å². The van der Waals surface area contributed by atoms with Gasteiger partial charge >= 0.3 is 0 Å². The molecule has 2 aliphatic rings. The van der Waals surface area contributed by atoms with Crippen LogP contribution in [0.5, 0.6) is 0 Å². The van der Waals surface area contributed by atoms with Crippen molar-refractivity contribution < 1.29 is 4.79 Å². The van der Waals surface area contributed by atoms with E-state index in [1.807, 2.05) is 5.01 Å². The van der Waals surface area contributed by atoms with Crippen LogP contribution in [0.25, 0.3) is 0 Å².